The van der Waals surface area contributed by atoms with Crippen molar-refractivity contribution < 1.29 is 29.0 Å². The highest BCUT2D eigenvalue weighted by Gasteiger charge is 2.16. The van der Waals surface area contributed by atoms with Gasteiger partial charge in [-0.05, 0) is 30.7 Å². The molecule has 0 unspecified atom stereocenters. The molecule has 0 saturated carbocycles. The number of aryl methyl sites for hydroxylation is 1. The molecule has 150 valence electrons. The van der Waals surface area contributed by atoms with Gasteiger partial charge < -0.3 is 19.9 Å². The van der Waals surface area contributed by atoms with Gasteiger partial charge in [0.15, 0.2) is 5.13 Å². The van der Waals surface area contributed by atoms with Gasteiger partial charge in [0.05, 0.1) is 37.8 Å². The highest BCUT2D eigenvalue weighted by molar-refractivity contribution is 8.00. The second-order valence-corrected chi connectivity index (χ2v) is 7.60. The third-order valence-electron chi connectivity index (χ3n) is 3.55. The summed E-state index contributed by atoms with van der Waals surface area (Å²) in [6.45, 7) is 0. The van der Waals surface area contributed by atoms with Crippen LogP contribution >= 0.6 is 23.1 Å². The first-order chi connectivity index (χ1) is 13.4. The minimum absolute atomic E-state index is 0.0151. The summed E-state index contributed by atoms with van der Waals surface area (Å²) >= 11 is 2.28. The fourth-order valence-corrected chi connectivity index (χ4v) is 3.79. The molecule has 0 bridgehead atoms. The van der Waals surface area contributed by atoms with E-state index in [2.05, 4.69) is 10.3 Å². The van der Waals surface area contributed by atoms with Gasteiger partial charge in [0.1, 0.15) is 5.75 Å². The maximum Gasteiger partial charge on any atom is 0.313 e. The normalized spacial score (nSPS) is 10.4. The van der Waals surface area contributed by atoms with E-state index in [1.54, 1.807) is 19.2 Å². The second kappa shape index (κ2) is 10.7. The number of hydrogen-bond donors (Lipinski definition) is 2. The second-order valence-electron chi connectivity index (χ2n) is 5.53. The number of amides is 1. The molecule has 8 nitrogen and oxygen atoms in total. The maximum absolute atomic E-state index is 12.0. The van der Waals surface area contributed by atoms with Crippen molar-refractivity contribution >= 4 is 46.1 Å². The average molecular weight is 425 g/mol. The van der Waals surface area contributed by atoms with Gasteiger partial charge in [-0.25, -0.2) is 4.98 Å². The Balaban J connectivity index is 2.17. The van der Waals surface area contributed by atoms with Crippen molar-refractivity contribution in [3.8, 4) is 17.0 Å². The van der Waals surface area contributed by atoms with Crippen LogP contribution < -0.4 is 10.1 Å². The first kappa shape index (κ1) is 21.7. The van der Waals surface area contributed by atoms with Crippen molar-refractivity contribution in [1.29, 1.82) is 0 Å². The Morgan fingerprint density at radius 3 is 2.50 bits per heavy atom. The first-order valence-corrected chi connectivity index (χ1v) is 10.2. The standard InChI is InChI=1S/C18H20N2O6S2/c1-25-12-5-3-11(4-6-12)17-13(7-8-16(24)26-2)28-18(20-17)19-14(21)9-27-10-15(22)23/h3-6H,7-10H2,1-2H3,(H,22,23)(H,19,20,21). The van der Waals surface area contributed by atoms with Crippen LogP contribution in [0, 0.1) is 0 Å². The van der Waals surface area contributed by atoms with Crippen LogP contribution in [0.1, 0.15) is 11.3 Å². The number of carbonyl (C=O) groups is 3. The number of anilines is 1. The summed E-state index contributed by atoms with van der Waals surface area (Å²) in [5.41, 5.74) is 1.50. The van der Waals surface area contributed by atoms with Crippen molar-refractivity contribution in [3.05, 3.63) is 29.1 Å². The first-order valence-electron chi connectivity index (χ1n) is 8.23. The lowest BCUT2D eigenvalue weighted by molar-refractivity contribution is -0.140. The number of nitrogens with zero attached hydrogens (tertiary/aromatic N) is 1. The van der Waals surface area contributed by atoms with Gasteiger partial charge in [-0.1, -0.05) is 0 Å². The molecule has 2 N–H and O–H groups in total. The number of nitrogens with one attached hydrogen (secondary N) is 1. The number of ether oxygens (including phenoxy) is 2. The molecule has 0 aliphatic heterocycles. The number of rotatable bonds is 10. The zero-order valence-corrected chi connectivity index (χ0v) is 17.0. The van der Waals surface area contributed by atoms with E-state index in [1.165, 1.54) is 18.4 Å². The van der Waals surface area contributed by atoms with Gasteiger partial charge in [-0.2, -0.15) is 0 Å². The lowest BCUT2D eigenvalue weighted by Crippen LogP contribution is -2.15. The molecule has 0 aliphatic carbocycles. The Morgan fingerprint density at radius 2 is 1.89 bits per heavy atom. The van der Waals surface area contributed by atoms with Crippen molar-refractivity contribution in [3.63, 3.8) is 0 Å². The van der Waals surface area contributed by atoms with E-state index in [9.17, 15) is 14.4 Å². The summed E-state index contributed by atoms with van der Waals surface area (Å²) in [4.78, 5) is 39.4. The van der Waals surface area contributed by atoms with Gasteiger partial charge in [-0.3, -0.25) is 14.4 Å². The third-order valence-corrected chi connectivity index (χ3v) is 5.50. The highest BCUT2D eigenvalue weighted by Crippen LogP contribution is 2.33. The SMILES string of the molecule is COC(=O)CCc1sc(NC(=O)CSCC(=O)O)nc1-c1ccc(OC)cc1. The number of esters is 1. The number of thioether (sulfide) groups is 1. The third kappa shape index (κ3) is 6.54. The number of carboxylic acids is 1. The van der Waals surface area contributed by atoms with Crippen molar-refractivity contribution in [2.75, 3.05) is 31.0 Å². The van der Waals surface area contributed by atoms with Crippen molar-refractivity contribution in [2.45, 2.75) is 12.8 Å². The number of aromatic nitrogens is 1. The molecule has 0 aliphatic rings. The van der Waals surface area contributed by atoms with Crippen LogP contribution in [0.4, 0.5) is 5.13 Å². The summed E-state index contributed by atoms with van der Waals surface area (Å²) < 4.78 is 9.85. The van der Waals surface area contributed by atoms with E-state index in [-0.39, 0.29) is 29.8 Å². The van der Waals surface area contributed by atoms with Gasteiger partial charge >= 0.3 is 11.9 Å². The fraction of sp³-hybridized carbons (Fsp3) is 0.333. The van der Waals surface area contributed by atoms with Crippen molar-refractivity contribution in [2.24, 2.45) is 0 Å². The average Bonchev–Trinajstić information content (AvgIpc) is 3.08. The summed E-state index contributed by atoms with van der Waals surface area (Å²) in [7, 11) is 2.91. The number of methoxy groups -OCH3 is 2. The molecule has 28 heavy (non-hydrogen) atoms. The molecule has 10 heteroatoms. The molecule has 0 radical (unpaired) electrons. The molecular weight excluding hydrogens is 404 g/mol. The van der Waals surface area contributed by atoms with Crippen LogP contribution in [0.15, 0.2) is 24.3 Å². The summed E-state index contributed by atoms with van der Waals surface area (Å²) in [5, 5.41) is 11.7. The molecule has 0 atom stereocenters. The van der Waals surface area contributed by atoms with Crippen LogP contribution in [0.3, 0.4) is 0 Å². The lowest BCUT2D eigenvalue weighted by Gasteiger charge is -2.04. The molecule has 1 aromatic carbocycles. The molecular formula is C18H20N2O6S2. The Morgan fingerprint density at radius 1 is 1.18 bits per heavy atom. The Hall–Kier alpha value is -2.59. The Kier molecular flexibility index (Phi) is 8.27. The van der Waals surface area contributed by atoms with Crippen LogP contribution in [-0.4, -0.2) is 53.7 Å². The fourth-order valence-electron chi connectivity index (χ4n) is 2.25. The van der Waals surface area contributed by atoms with Gasteiger partial charge in [0.2, 0.25) is 5.91 Å². The Bertz CT molecular complexity index is 835. The minimum atomic E-state index is -0.973. The molecule has 0 fully saturated rings. The predicted octanol–water partition coefficient (Wildman–Crippen LogP) is 2.68. The zero-order valence-electron chi connectivity index (χ0n) is 15.4. The number of carboxylic acid groups (broad SMARTS) is 1. The van der Waals surface area contributed by atoms with Crippen LogP contribution in [-0.2, 0) is 25.5 Å². The molecule has 1 amide bonds. The van der Waals surface area contributed by atoms with E-state index >= 15 is 0 Å². The summed E-state index contributed by atoms with van der Waals surface area (Å²) in [6.07, 6.45) is 0.624. The highest BCUT2D eigenvalue weighted by atomic mass is 32.2. The quantitative estimate of drug-likeness (QED) is 0.560. The molecule has 0 spiro atoms. The summed E-state index contributed by atoms with van der Waals surface area (Å²) in [5.74, 6) is -1.06. The predicted molar refractivity (Wildman–Crippen MR) is 108 cm³/mol. The summed E-state index contributed by atoms with van der Waals surface area (Å²) in [6, 6.07) is 7.31. The molecule has 1 heterocycles. The Labute approximate surface area is 170 Å². The van der Waals surface area contributed by atoms with E-state index in [4.69, 9.17) is 14.6 Å². The smallest absolute Gasteiger partial charge is 0.313 e. The monoisotopic (exact) mass is 424 g/mol. The van der Waals surface area contributed by atoms with Gasteiger partial charge in [-0.15, -0.1) is 23.1 Å². The molecule has 0 saturated heterocycles. The topological polar surface area (TPSA) is 115 Å². The number of aliphatic carboxylic acids is 1. The van der Waals surface area contributed by atoms with E-state index < -0.39 is 5.97 Å². The van der Waals surface area contributed by atoms with Gasteiger partial charge in [0, 0.05) is 10.4 Å². The largest absolute Gasteiger partial charge is 0.497 e. The maximum atomic E-state index is 12.0. The van der Waals surface area contributed by atoms with Crippen molar-refractivity contribution in [1.82, 2.24) is 4.98 Å². The minimum Gasteiger partial charge on any atom is -0.497 e. The van der Waals surface area contributed by atoms with E-state index in [0.29, 0.717) is 23.0 Å². The zero-order chi connectivity index (χ0) is 20.5. The van der Waals surface area contributed by atoms with E-state index in [1.807, 2.05) is 12.1 Å². The lowest BCUT2D eigenvalue weighted by atomic mass is 10.1. The van der Waals surface area contributed by atoms with Crippen LogP contribution in [0.5, 0.6) is 5.75 Å². The van der Waals surface area contributed by atoms with Crippen LogP contribution in [0.2, 0.25) is 0 Å². The van der Waals surface area contributed by atoms with Crippen LogP contribution in [0.25, 0.3) is 11.3 Å². The molecule has 2 rings (SSSR count). The van der Waals surface area contributed by atoms with Gasteiger partial charge in [0.25, 0.3) is 0 Å². The number of thiazole rings is 1. The molecule has 2 aromatic rings. The number of hydrogen-bond acceptors (Lipinski definition) is 8. The number of carbonyl (C=O) groups excluding carboxylic acids is 2. The molecule has 1 aromatic heterocycles. The van der Waals surface area contributed by atoms with E-state index in [0.717, 1.165) is 22.2 Å². The number of benzene rings is 1.